The molecule has 86 valence electrons. The molecule has 2 rings (SSSR count). The number of carbonyl (C=O) groups is 1. The van der Waals surface area contributed by atoms with Crippen molar-refractivity contribution in [2.24, 2.45) is 5.92 Å². The largest absolute Gasteiger partial charge is 0.481 e. The molecule has 0 saturated carbocycles. The fourth-order valence-electron chi connectivity index (χ4n) is 1.87. The molecule has 16 heavy (non-hydrogen) atoms. The maximum atomic E-state index is 10.8. The van der Waals surface area contributed by atoms with Gasteiger partial charge < -0.3 is 10.0 Å². The minimum absolute atomic E-state index is 0.259. The normalized spacial score (nSPS) is 20.1. The number of aliphatic carboxylic acids is 1. The first-order valence-electron chi connectivity index (χ1n) is 5.18. The van der Waals surface area contributed by atoms with Gasteiger partial charge in [0.15, 0.2) is 0 Å². The summed E-state index contributed by atoms with van der Waals surface area (Å²) in [5.41, 5.74) is 1.11. The van der Waals surface area contributed by atoms with E-state index < -0.39 is 5.97 Å². The number of rotatable bonds is 2. The molecule has 1 aromatic heterocycles. The van der Waals surface area contributed by atoms with Gasteiger partial charge in [-0.15, -0.1) is 0 Å². The lowest BCUT2D eigenvalue weighted by Gasteiger charge is -2.17. The number of hydrogen-bond donors (Lipinski definition) is 1. The molecule has 0 bridgehead atoms. The van der Waals surface area contributed by atoms with Crippen molar-refractivity contribution < 1.29 is 9.90 Å². The molecule has 1 unspecified atom stereocenters. The van der Waals surface area contributed by atoms with Crippen LogP contribution in [-0.4, -0.2) is 29.1 Å². The Kier molecular flexibility index (Phi) is 3.14. The lowest BCUT2D eigenvalue weighted by Crippen LogP contribution is -2.23. The van der Waals surface area contributed by atoms with Crippen molar-refractivity contribution in [3.05, 3.63) is 22.3 Å². The predicted octanol–water partition coefficient (Wildman–Crippen LogP) is 2.06. The second-order valence-electron chi connectivity index (χ2n) is 4.06. The van der Waals surface area contributed by atoms with Gasteiger partial charge >= 0.3 is 5.97 Å². The van der Waals surface area contributed by atoms with Crippen LogP contribution in [0.1, 0.15) is 12.0 Å². The van der Waals surface area contributed by atoms with E-state index in [-0.39, 0.29) is 5.92 Å². The van der Waals surface area contributed by atoms with E-state index in [0.717, 1.165) is 22.4 Å². The van der Waals surface area contributed by atoms with Crippen molar-refractivity contribution in [2.75, 3.05) is 18.0 Å². The van der Waals surface area contributed by atoms with Crippen molar-refractivity contribution in [3.63, 3.8) is 0 Å². The molecule has 5 heteroatoms. The summed E-state index contributed by atoms with van der Waals surface area (Å²) >= 11 is 3.40. The summed E-state index contributed by atoms with van der Waals surface area (Å²) in [4.78, 5) is 17.2. The van der Waals surface area contributed by atoms with Crippen molar-refractivity contribution in [2.45, 2.75) is 13.3 Å². The van der Waals surface area contributed by atoms with Crippen molar-refractivity contribution >= 4 is 27.7 Å². The van der Waals surface area contributed by atoms with Crippen LogP contribution < -0.4 is 4.90 Å². The van der Waals surface area contributed by atoms with Crippen LogP contribution in [0.3, 0.4) is 0 Å². The average Bonchev–Trinajstić information content (AvgIpc) is 2.71. The highest BCUT2D eigenvalue weighted by Crippen LogP contribution is 2.25. The quantitative estimate of drug-likeness (QED) is 0.903. The number of halogens is 1. The Bertz CT molecular complexity index is 422. The highest BCUT2D eigenvalue weighted by atomic mass is 79.9. The first kappa shape index (κ1) is 11.4. The molecule has 2 heterocycles. The number of carboxylic acids is 1. The minimum atomic E-state index is -0.712. The first-order valence-corrected chi connectivity index (χ1v) is 5.97. The van der Waals surface area contributed by atoms with Gasteiger partial charge in [0, 0.05) is 23.8 Å². The SMILES string of the molecule is Cc1cc(N2CCC(C(=O)O)C2)ncc1Br. The van der Waals surface area contributed by atoms with Gasteiger partial charge in [-0.1, -0.05) is 0 Å². The second kappa shape index (κ2) is 4.41. The van der Waals surface area contributed by atoms with Crippen LogP contribution in [0.25, 0.3) is 0 Å². The van der Waals surface area contributed by atoms with Crippen molar-refractivity contribution in [3.8, 4) is 0 Å². The Hall–Kier alpha value is -1.10. The standard InChI is InChI=1S/C11H13BrN2O2/c1-7-4-10(13-5-9(7)12)14-3-2-8(6-14)11(15)16/h4-5,8H,2-3,6H2,1H3,(H,15,16). The van der Waals surface area contributed by atoms with E-state index >= 15 is 0 Å². The van der Waals surface area contributed by atoms with E-state index in [9.17, 15) is 4.79 Å². The van der Waals surface area contributed by atoms with Crippen molar-refractivity contribution in [1.29, 1.82) is 0 Å². The Labute approximate surface area is 102 Å². The van der Waals surface area contributed by atoms with E-state index in [1.807, 2.05) is 17.9 Å². The van der Waals surface area contributed by atoms with Crippen LogP contribution in [0, 0.1) is 12.8 Å². The van der Waals surface area contributed by atoms with E-state index in [0.29, 0.717) is 13.0 Å². The molecule has 4 nitrogen and oxygen atoms in total. The van der Waals surface area contributed by atoms with Crippen LogP contribution in [0.15, 0.2) is 16.7 Å². The smallest absolute Gasteiger partial charge is 0.308 e. The van der Waals surface area contributed by atoms with Gasteiger partial charge in [-0.25, -0.2) is 4.98 Å². The number of pyridine rings is 1. The number of aryl methyl sites for hydroxylation is 1. The summed E-state index contributed by atoms with van der Waals surface area (Å²) in [5.74, 6) is -0.105. The number of aromatic nitrogens is 1. The molecule has 1 aromatic rings. The zero-order valence-corrected chi connectivity index (χ0v) is 10.6. The van der Waals surface area contributed by atoms with Gasteiger partial charge in [-0.2, -0.15) is 0 Å². The molecular formula is C11H13BrN2O2. The van der Waals surface area contributed by atoms with Crippen LogP contribution >= 0.6 is 15.9 Å². The van der Waals surface area contributed by atoms with E-state index in [1.54, 1.807) is 6.20 Å². The molecule has 0 spiro atoms. The molecule has 1 fully saturated rings. The Morgan fingerprint density at radius 2 is 2.44 bits per heavy atom. The fraction of sp³-hybridized carbons (Fsp3) is 0.455. The number of anilines is 1. The lowest BCUT2D eigenvalue weighted by molar-refractivity contribution is -0.140. The maximum Gasteiger partial charge on any atom is 0.308 e. The molecule has 0 radical (unpaired) electrons. The first-order chi connectivity index (χ1) is 7.58. The molecular weight excluding hydrogens is 272 g/mol. The van der Waals surface area contributed by atoms with Crippen LogP contribution in [0.5, 0.6) is 0 Å². The summed E-state index contributed by atoms with van der Waals surface area (Å²) < 4.78 is 0.977. The molecule has 0 aliphatic carbocycles. The minimum Gasteiger partial charge on any atom is -0.481 e. The summed E-state index contributed by atoms with van der Waals surface area (Å²) in [5, 5.41) is 8.92. The highest BCUT2D eigenvalue weighted by molar-refractivity contribution is 9.10. The Balaban J connectivity index is 2.14. The van der Waals surface area contributed by atoms with Gasteiger partial charge in [0.1, 0.15) is 5.82 Å². The number of carboxylic acid groups (broad SMARTS) is 1. The monoisotopic (exact) mass is 284 g/mol. The van der Waals surface area contributed by atoms with E-state index in [1.165, 1.54) is 0 Å². The predicted molar refractivity (Wildman–Crippen MR) is 64.6 cm³/mol. The van der Waals surface area contributed by atoms with Gasteiger partial charge in [0.05, 0.1) is 5.92 Å². The summed E-state index contributed by atoms with van der Waals surface area (Å²) in [7, 11) is 0. The van der Waals surface area contributed by atoms with E-state index in [4.69, 9.17) is 5.11 Å². The lowest BCUT2D eigenvalue weighted by atomic mass is 10.1. The molecule has 1 aliphatic rings. The fourth-order valence-corrected chi connectivity index (χ4v) is 2.08. The third-order valence-electron chi connectivity index (χ3n) is 2.89. The summed E-state index contributed by atoms with van der Waals surface area (Å²) in [6.07, 6.45) is 2.46. The molecule has 0 amide bonds. The molecule has 1 saturated heterocycles. The third-order valence-corrected chi connectivity index (χ3v) is 3.72. The Morgan fingerprint density at radius 1 is 1.69 bits per heavy atom. The topological polar surface area (TPSA) is 53.4 Å². The zero-order valence-electron chi connectivity index (χ0n) is 8.98. The van der Waals surface area contributed by atoms with Crippen LogP contribution in [0.4, 0.5) is 5.82 Å². The second-order valence-corrected chi connectivity index (χ2v) is 4.92. The maximum absolute atomic E-state index is 10.8. The molecule has 0 aromatic carbocycles. The van der Waals surface area contributed by atoms with Crippen LogP contribution in [0.2, 0.25) is 0 Å². The summed E-state index contributed by atoms with van der Waals surface area (Å²) in [6.45, 7) is 3.33. The van der Waals surface area contributed by atoms with Gasteiger partial charge in [-0.3, -0.25) is 4.79 Å². The molecule has 1 atom stereocenters. The van der Waals surface area contributed by atoms with Crippen LogP contribution in [-0.2, 0) is 4.79 Å². The van der Waals surface area contributed by atoms with Crippen molar-refractivity contribution in [1.82, 2.24) is 4.98 Å². The molecule has 1 N–H and O–H groups in total. The molecule has 1 aliphatic heterocycles. The third kappa shape index (κ3) is 2.19. The Morgan fingerprint density at radius 3 is 3.00 bits per heavy atom. The summed E-state index contributed by atoms with van der Waals surface area (Å²) in [6, 6.07) is 1.98. The zero-order chi connectivity index (χ0) is 11.7. The average molecular weight is 285 g/mol. The number of nitrogens with zero attached hydrogens (tertiary/aromatic N) is 2. The van der Waals surface area contributed by atoms with E-state index in [2.05, 4.69) is 20.9 Å². The van der Waals surface area contributed by atoms with Gasteiger partial charge in [0.25, 0.3) is 0 Å². The van der Waals surface area contributed by atoms with Gasteiger partial charge in [-0.05, 0) is 40.9 Å². The number of hydrogen-bond acceptors (Lipinski definition) is 3. The van der Waals surface area contributed by atoms with Gasteiger partial charge in [0.2, 0.25) is 0 Å². The highest BCUT2D eigenvalue weighted by Gasteiger charge is 2.28.